The van der Waals surface area contributed by atoms with Crippen molar-refractivity contribution < 1.29 is 14.6 Å². The molecular weight excluding hydrogens is 388 g/mol. The highest BCUT2D eigenvalue weighted by Gasteiger charge is 2.17. The first-order valence-electron chi connectivity index (χ1n) is 8.86. The summed E-state index contributed by atoms with van der Waals surface area (Å²) in [4.78, 5) is 16.9. The second-order valence-electron chi connectivity index (χ2n) is 6.23. The van der Waals surface area contributed by atoms with E-state index in [0.29, 0.717) is 22.8 Å². The van der Waals surface area contributed by atoms with Crippen molar-refractivity contribution in [1.82, 2.24) is 4.68 Å². The Balaban J connectivity index is 1.77. The van der Waals surface area contributed by atoms with Crippen LogP contribution in [0.1, 0.15) is 5.56 Å². The fourth-order valence-electron chi connectivity index (χ4n) is 2.79. The van der Waals surface area contributed by atoms with Gasteiger partial charge in [0.1, 0.15) is 11.5 Å². The molecule has 4 rings (SSSR count). The zero-order valence-electron chi connectivity index (χ0n) is 15.4. The maximum Gasteiger partial charge on any atom is 0.262 e. The number of fused-ring (bicyclic) bond motifs is 1. The lowest BCUT2D eigenvalue weighted by molar-refractivity contribution is -0.118. The summed E-state index contributed by atoms with van der Waals surface area (Å²) in [6, 6.07) is 12.4. The molecule has 8 heteroatoms. The molecule has 1 amide bonds. The number of nitrogens with zero attached hydrogens (tertiary/aromatic N) is 3. The molecule has 2 heterocycles. The molecule has 146 valence electrons. The summed E-state index contributed by atoms with van der Waals surface area (Å²) < 4.78 is 7.18. The Hall–Kier alpha value is -3.65. The van der Waals surface area contributed by atoms with Gasteiger partial charge in [-0.05, 0) is 48.0 Å². The number of amides is 1. The van der Waals surface area contributed by atoms with Gasteiger partial charge in [-0.2, -0.15) is 5.10 Å². The number of benzene rings is 2. The van der Waals surface area contributed by atoms with Crippen molar-refractivity contribution in [3.63, 3.8) is 0 Å². The van der Waals surface area contributed by atoms with Crippen LogP contribution in [0.2, 0.25) is 0 Å². The summed E-state index contributed by atoms with van der Waals surface area (Å²) in [7, 11) is 0. The van der Waals surface area contributed by atoms with E-state index in [2.05, 4.69) is 22.0 Å². The standard InChI is InChI=1S/C21H18N4O3S/c1-2-9-22-21-25(23-11-14-3-6-16(26)7-4-14)18(13-29-21)15-5-8-19-17(10-15)24-20(27)12-28-19/h2-8,10-11,13,26H,1,9,12H2,(H,24,27). The van der Waals surface area contributed by atoms with Crippen molar-refractivity contribution >= 4 is 29.1 Å². The Labute approximate surface area is 170 Å². The highest BCUT2D eigenvalue weighted by Crippen LogP contribution is 2.32. The van der Waals surface area contributed by atoms with Crippen LogP contribution in [0.25, 0.3) is 11.3 Å². The van der Waals surface area contributed by atoms with Gasteiger partial charge >= 0.3 is 0 Å². The molecule has 2 N–H and O–H groups in total. The molecule has 0 spiro atoms. The van der Waals surface area contributed by atoms with E-state index in [9.17, 15) is 9.90 Å². The number of aromatic hydroxyl groups is 1. The van der Waals surface area contributed by atoms with E-state index < -0.39 is 0 Å². The Kier molecular flexibility index (Phi) is 5.26. The van der Waals surface area contributed by atoms with Gasteiger partial charge in [0.2, 0.25) is 4.80 Å². The highest BCUT2D eigenvalue weighted by atomic mass is 32.1. The third-order valence-electron chi connectivity index (χ3n) is 4.16. The number of hydrogen-bond donors (Lipinski definition) is 2. The Morgan fingerprint density at radius 3 is 2.90 bits per heavy atom. The number of anilines is 1. The van der Waals surface area contributed by atoms with E-state index >= 15 is 0 Å². The average molecular weight is 406 g/mol. The molecule has 1 aromatic heterocycles. The summed E-state index contributed by atoms with van der Waals surface area (Å²) in [5.74, 6) is 0.658. The van der Waals surface area contributed by atoms with Gasteiger partial charge in [0, 0.05) is 10.9 Å². The van der Waals surface area contributed by atoms with Gasteiger partial charge in [-0.1, -0.05) is 6.08 Å². The van der Waals surface area contributed by atoms with E-state index in [1.54, 1.807) is 41.2 Å². The van der Waals surface area contributed by atoms with E-state index in [1.165, 1.54) is 11.3 Å². The van der Waals surface area contributed by atoms with Crippen molar-refractivity contribution in [2.45, 2.75) is 0 Å². The number of phenols is 1. The summed E-state index contributed by atoms with van der Waals surface area (Å²) in [6.07, 6.45) is 3.42. The number of carbonyl (C=O) groups is 1. The van der Waals surface area contributed by atoms with Crippen molar-refractivity contribution in [3.05, 3.63) is 70.9 Å². The van der Waals surface area contributed by atoms with Crippen LogP contribution < -0.4 is 14.9 Å². The monoisotopic (exact) mass is 406 g/mol. The second kappa shape index (κ2) is 8.15. The topological polar surface area (TPSA) is 88.2 Å². The molecule has 1 aliphatic rings. The maximum atomic E-state index is 11.6. The number of phenolic OH excluding ortho intramolecular Hbond substituents is 1. The van der Waals surface area contributed by atoms with Gasteiger partial charge in [-0.25, -0.2) is 4.68 Å². The first-order chi connectivity index (χ1) is 14.1. The summed E-state index contributed by atoms with van der Waals surface area (Å²) in [5, 5.41) is 18.8. The maximum absolute atomic E-state index is 11.6. The van der Waals surface area contributed by atoms with Gasteiger partial charge in [-0.3, -0.25) is 9.79 Å². The quantitative estimate of drug-likeness (QED) is 0.504. The predicted molar refractivity (Wildman–Crippen MR) is 114 cm³/mol. The fraction of sp³-hybridized carbons (Fsp3) is 0.0952. The summed E-state index contributed by atoms with van der Waals surface area (Å²) in [5.41, 5.74) is 3.17. The normalized spacial score (nSPS) is 13.8. The predicted octanol–water partition coefficient (Wildman–Crippen LogP) is 3.22. The SMILES string of the molecule is C=CCN=c1scc(-c2ccc3c(c2)NC(=O)CO3)n1N=Cc1ccc(O)cc1. The molecule has 0 aliphatic carbocycles. The number of ether oxygens (including phenoxy) is 1. The van der Waals surface area contributed by atoms with Gasteiger partial charge in [0.15, 0.2) is 6.61 Å². The van der Waals surface area contributed by atoms with E-state index in [0.717, 1.165) is 16.8 Å². The zero-order valence-corrected chi connectivity index (χ0v) is 16.2. The van der Waals surface area contributed by atoms with Crippen LogP contribution in [0.15, 0.2) is 70.6 Å². The lowest BCUT2D eigenvalue weighted by atomic mass is 10.1. The second-order valence-corrected chi connectivity index (χ2v) is 7.07. The van der Waals surface area contributed by atoms with Gasteiger partial charge in [-0.15, -0.1) is 17.9 Å². The molecule has 0 unspecified atom stereocenters. The minimum absolute atomic E-state index is 0.0201. The van der Waals surface area contributed by atoms with Crippen molar-refractivity contribution in [2.24, 2.45) is 10.1 Å². The minimum Gasteiger partial charge on any atom is -0.508 e. The van der Waals surface area contributed by atoms with Crippen LogP contribution in [0.5, 0.6) is 11.5 Å². The number of nitrogens with one attached hydrogen (secondary N) is 1. The Bertz CT molecular complexity index is 1160. The van der Waals surface area contributed by atoms with Crippen molar-refractivity contribution in [3.8, 4) is 22.8 Å². The smallest absolute Gasteiger partial charge is 0.262 e. The molecule has 3 aromatic rings. The number of thiazole rings is 1. The van der Waals surface area contributed by atoms with Crippen LogP contribution in [-0.2, 0) is 4.79 Å². The van der Waals surface area contributed by atoms with E-state index in [1.807, 2.05) is 23.6 Å². The van der Waals surface area contributed by atoms with Gasteiger partial charge in [0.05, 0.1) is 24.1 Å². The van der Waals surface area contributed by atoms with Crippen LogP contribution in [-0.4, -0.2) is 35.1 Å². The van der Waals surface area contributed by atoms with Crippen LogP contribution in [0.4, 0.5) is 5.69 Å². The molecule has 1 aliphatic heterocycles. The number of rotatable bonds is 5. The van der Waals surface area contributed by atoms with Crippen LogP contribution in [0.3, 0.4) is 0 Å². The molecule has 29 heavy (non-hydrogen) atoms. The van der Waals surface area contributed by atoms with Gasteiger partial charge < -0.3 is 15.2 Å². The van der Waals surface area contributed by atoms with Crippen LogP contribution >= 0.6 is 11.3 Å². The zero-order chi connectivity index (χ0) is 20.2. The number of hydrogen-bond acceptors (Lipinski definition) is 6. The Morgan fingerprint density at radius 1 is 1.28 bits per heavy atom. The van der Waals surface area contributed by atoms with Crippen molar-refractivity contribution in [1.29, 1.82) is 0 Å². The Morgan fingerprint density at radius 2 is 2.10 bits per heavy atom. The first kappa shape index (κ1) is 18.7. The third kappa shape index (κ3) is 4.12. The lowest BCUT2D eigenvalue weighted by Crippen LogP contribution is -2.25. The molecule has 0 saturated heterocycles. The number of carbonyl (C=O) groups excluding carboxylic acids is 1. The first-order valence-corrected chi connectivity index (χ1v) is 9.74. The molecule has 0 radical (unpaired) electrons. The molecule has 0 saturated carbocycles. The summed E-state index contributed by atoms with van der Waals surface area (Å²) in [6.45, 7) is 4.21. The fourth-order valence-corrected chi connectivity index (χ4v) is 3.63. The number of aromatic nitrogens is 1. The molecule has 0 fully saturated rings. The van der Waals surface area contributed by atoms with Gasteiger partial charge in [0.25, 0.3) is 5.91 Å². The lowest BCUT2D eigenvalue weighted by Gasteiger charge is -2.18. The molecule has 0 bridgehead atoms. The molecule has 7 nitrogen and oxygen atoms in total. The third-order valence-corrected chi connectivity index (χ3v) is 5.02. The van der Waals surface area contributed by atoms with Crippen molar-refractivity contribution in [2.75, 3.05) is 18.5 Å². The molecule has 2 aromatic carbocycles. The molecule has 0 atom stereocenters. The van der Waals surface area contributed by atoms with E-state index in [4.69, 9.17) is 4.74 Å². The summed E-state index contributed by atoms with van der Waals surface area (Å²) >= 11 is 1.46. The van der Waals surface area contributed by atoms with E-state index in [-0.39, 0.29) is 18.3 Å². The largest absolute Gasteiger partial charge is 0.508 e. The highest BCUT2D eigenvalue weighted by molar-refractivity contribution is 7.07. The minimum atomic E-state index is -0.181. The van der Waals surface area contributed by atoms with Crippen LogP contribution in [0, 0.1) is 0 Å². The molecular formula is C21H18N4O3S. The average Bonchev–Trinajstić information content (AvgIpc) is 3.14.